The van der Waals surface area contributed by atoms with Crippen molar-refractivity contribution < 1.29 is 24.1 Å². The molecule has 2 aliphatic rings. The average Bonchev–Trinajstić information content (AvgIpc) is 3.44. The molecule has 0 bridgehead atoms. The summed E-state index contributed by atoms with van der Waals surface area (Å²) in [6, 6.07) is 17.6. The first-order chi connectivity index (χ1) is 21.8. The Morgan fingerprint density at radius 2 is 1.84 bits per heavy atom. The first-order valence-electron chi connectivity index (χ1n) is 15.1. The van der Waals surface area contributed by atoms with E-state index in [-0.39, 0.29) is 40.4 Å². The summed E-state index contributed by atoms with van der Waals surface area (Å²) < 4.78 is 24.0. The Morgan fingerprint density at radius 3 is 2.60 bits per heavy atom. The summed E-state index contributed by atoms with van der Waals surface area (Å²) in [5.41, 5.74) is 1.16. The average molecular weight is 609 g/mol. The second-order valence-corrected chi connectivity index (χ2v) is 11.8. The van der Waals surface area contributed by atoms with Gasteiger partial charge in [0.2, 0.25) is 5.43 Å². The molecule has 1 saturated heterocycles. The van der Waals surface area contributed by atoms with Gasteiger partial charge >= 0.3 is 0 Å². The van der Waals surface area contributed by atoms with Gasteiger partial charge < -0.3 is 35.1 Å². The number of amides is 1. The molecule has 9 nitrogen and oxygen atoms in total. The molecule has 0 aliphatic carbocycles. The molecule has 45 heavy (non-hydrogen) atoms. The lowest BCUT2D eigenvalue weighted by Gasteiger charge is -2.27. The Bertz CT molecular complexity index is 2040. The Balaban J connectivity index is 1.29. The number of rotatable bonds is 8. The van der Waals surface area contributed by atoms with Crippen LogP contribution in [-0.4, -0.2) is 58.3 Å². The molecule has 1 aromatic heterocycles. The molecule has 4 aromatic carbocycles. The van der Waals surface area contributed by atoms with Crippen molar-refractivity contribution in [2.24, 2.45) is 0 Å². The van der Waals surface area contributed by atoms with Gasteiger partial charge in [0.25, 0.3) is 5.91 Å². The number of carbonyl (C=O) groups is 1. The van der Waals surface area contributed by atoms with Gasteiger partial charge in [-0.05, 0) is 85.9 Å². The molecule has 0 saturated carbocycles. The van der Waals surface area contributed by atoms with Crippen LogP contribution in [-0.2, 0) is 6.42 Å². The summed E-state index contributed by atoms with van der Waals surface area (Å²) in [5.74, 6) is -1.04. The largest absolute Gasteiger partial charge is 0.504 e. The fourth-order valence-corrected chi connectivity index (χ4v) is 6.48. The van der Waals surface area contributed by atoms with Gasteiger partial charge in [-0.2, -0.15) is 0 Å². The lowest BCUT2D eigenvalue weighted by atomic mass is 10.0. The van der Waals surface area contributed by atoms with E-state index >= 15 is 4.39 Å². The third kappa shape index (κ3) is 5.21. The number of anilines is 1. The molecule has 1 amide bonds. The Hall–Kier alpha value is -5.09. The number of hydrogen-bond acceptors (Lipinski definition) is 7. The highest BCUT2D eigenvalue weighted by molar-refractivity contribution is 6.02. The number of phenols is 2. The van der Waals surface area contributed by atoms with Crippen molar-refractivity contribution in [1.29, 1.82) is 0 Å². The van der Waals surface area contributed by atoms with Gasteiger partial charge in [0.15, 0.2) is 28.8 Å². The molecule has 2 aliphatic heterocycles. The van der Waals surface area contributed by atoms with Crippen LogP contribution in [0.4, 0.5) is 10.1 Å². The van der Waals surface area contributed by atoms with Gasteiger partial charge in [0.05, 0.1) is 11.1 Å². The maximum absolute atomic E-state index is 15.9. The smallest absolute Gasteiger partial charge is 0.256 e. The van der Waals surface area contributed by atoms with Crippen molar-refractivity contribution in [2.75, 3.05) is 32.0 Å². The standard InChI is InChI=1S/C35H33FN4O5/c1-39-14-4-7-23(39)11-13-38-35(44)25-19-40-27-16-21-5-2-3-6-22(21)17-30(27)45-34-31(26(36)18-24(32(34)40)33(25)43)37-12-10-20-8-9-28(41)29(42)15-20/h2-3,5-6,8-9,15-19,23,37,41-42H,4,7,10-14H2,1H3,(H,38,44). The van der Waals surface area contributed by atoms with Crippen LogP contribution in [0.5, 0.6) is 23.0 Å². The maximum Gasteiger partial charge on any atom is 0.256 e. The summed E-state index contributed by atoms with van der Waals surface area (Å²) in [6.45, 7) is 1.74. The fraction of sp³-hybridized carbons (Fsp3) is 0.257. The van der Waals surface area contributed by atoms with Crippen LogP contribution in [0, 0.1) is 5.82 Å². The molecule has 1 unspecified atom stereocenters. The van der Waals surface area contributed by atoms with Crippen molar-refractivity contribution >= 4 is 33.3 Å². The number of nitrogens with one attached hydrogen (secondary N) is 2. The van der Waals surface area contributed by atoms with E-state index in [1.807, 2.05) is 36.4 Å². The van der Waals surface area contributed by atoms with Crippen LogP contribution in [0.2, 0.25) is 0 Å². The maximum atomic E-state index is 15.9. The van der Waals surface area contributed by atoms with E-state index in [1.54, 1.807) is 10.6 Å². The number of halogens is 1. The van der Waals surface area contributed by atoms with E-state index in [9.17, 15) is 19.8 Å². The Kier molecular flexibility index (Phi) is 7.29. The van der Waals surface area contributed by atoms with Gasteiger partial charge in [-0.25, -0.2) is 4.39 Å². The number of ether oxygens (including phenoxy) is 1. The van der Waals surface area contributed by atoms with E-state index in [0.717, 1.165) is 48.2 Å². The topological polar surface area (TPSA) is 116 Å². The van der Waals surface area contributed by atoms with E-state index in [1.165, 1.54) is 18.3 Å². The second-order valence-electron chi connectivity index (χ2n) is 11.8. The van der Waals surface area contributed by atoms with Crippen LogP contribution in [0.25, 0.3) is 27.4 Å². The van der Waals surface area contributed by atoms with E-state index in [0.29, 0.717) is 36.0 Å². The molecular formula is C35H33FN4O5. The number of aromatic nitrogens is 1. The number of aromatic hydroxyl groups is 2. The van der Waals surface area contributed by atoms with Gasteiger partial charge in [0.1, 0.15) is 16.8 Å². The molecule has 3 heterocycles. The number of likely N-dealkylation sites (tertiary alicyclic amines) is 1. The van der Waals surface area contributed by atoms with Gasteiger partial charge in [0, 0.05) is 25.3 Å². The second kappa shape index (κ2) is 11.4. The van der Waals surface area contributed by atoms with Crippen molar-refractivity contribution in [3.8, 4) is 28.7 Å². The molecule has 5 aromatic rings. The number of phenolic OH excluding ortho intramolecular Hbond substituents is 2. The molecule has 7 rings (SSSR count). The highest BCUT2D eigenvalue weighted by Gasteiger charge is 2.29. The van der Waals surface area contributed by atoms with Gasteiger partial charge in [-0.3, -0.25) is 9.59 Å². The third-order valence-electron chi connectivity index (χ3n) is 8.93. The lowest BCUT2D eigenvalue weighted by Crippen LogP contribution is -2.34. The first-order valence-corrected chi connectivity index (χ1v) is 15.1. The van der Waals surface area contributed by atoms with E-state index in [4.69, 9.17) is 4.74 Å². The minimum atomic E-state index is -0.694. The SMILES string of the molecule is CN1CCCC1CCNC(=O)c1cn2c3c(c(NCCc4ccc(O)c(O)c4)c(F)cc3c1=O)Oc1cc3ccccc3cc1-2. The number of carbonyl (C=O) groups excluding carboxylic acids is 1. The summed E-state index contributed by atoms with van der Waals surface area (Å²) in [4.78, 5) is 29.5. The predicted octanol–water partition coefficient (Wildman–Crippen LogP) is 5.67. The van der Waals surface area contributed by atoms with Crippen LogP contribution >= 0.6 is 0 Å². The lowest BCUT2D eigenvalue weighted by molar-refractivity contribution is 0.0949. The Labute approximate surface area is 258 Å². The van der Waals surface area contributed by atoms with Gasteiger partial charge in [-0.1, -0.05) is 30.3 Å². The van der Waals surface area contributed by atoms with Crippen molar-refractivity contribution in [3.05, 3.63) is 94.0 Å². The molecular weight excluding hydrogens is 575 g/mol. The fourth-order valence-electron chi connectivity index (χ4n) is 6.48. The molecule has 0 radical (unpaired) electrons. The van der Waals surface area contributed by atoms with Crippen molar-refractivity contribution in [3.63, 3.8) is 0 Å². The Morgan fingerprint density at radius 1 is 1.04 bits per heavy atom. The number of fused-ring (bicyclic) bond motifs is 3. The van der Waals surface area contributed by atoms with Gasteiger partial charge in [-0.15, -0.1) is 0 Å². The quantitative estimate of drug-likeness (QED) is 0.165. The number of hydrogen-bond donors (Lipinski definition) is 4. The summed E-state index contributed by atoms with van der Waals surface area (Å²) in [7, 11) is 2.08. The zero-order valence-electron chi connectivity index (χ0n) is 24.8. The van der Waals surface area contributed by atoms with Crippen molar-refractivity contribution in [2.45, 2.75) is 31.7 Å². The molecule has 10 heteroatoms. The van der Waals surface area contributed by atoms with Crippen LogP contribution in [0.3, 0.4) is 0 Å². The molecule has 230 valence electrons. The highest BCUT2D eigenvalue weighted by atomic mass is 19.1. The summed E-state index contributed by atoms with van der Waals surface area (Å²) in [5, 5.41) is 27.4. The highest BCUT2D eigenvalue weighted by Crippen LogP contribution is 2.46. The van der Waals surface area contributed by atoms with E-state index in [2.05, 4.69) is 22.6 Å². The molecule has 4 N–H and O–H groups in total. The number of pyridine rings is 1. The minimum absolute atomic E-state index is 0.0403. The zero-order valence-corrected chi connectivity index (χ0v) is 24.8. The van der Waals surface area contributed by atoms with Crippen LogP contribution < -0.4 is 20.8 Å². The van der Waals surface area contributed by atoms with E-state index < -0.39 is 17.2 Å². The predicted molar refractivity (Wildman–Crippen MR) is 172 cm³/mol. The van der Waals surface area contributed by atoms with Crippen LogP contribution in [0.15, 0.2) is 71.7 Å². The van der Waals surface area contributed by atoms with Crippen molar-refractivity contribution in [1.82, 2.24) is 14.8 Å². The number of benzene rings is 4. The third-order valence-corrected chi connectivity index (χ3v) is 8.93. The van der Waals surface area contributed by atoms with Crippen LogP contribution in [0.1, 0.15) is 35.2 Å². The number of nitrogens with zero attached hydrogens (tertiary/aromatic N) is 2. The molecule has 0 spiro atoms. The molecule has 1 fully saturated rings. The summed E-state index contributed by atoms with van der Waals surface area (Å²) >= 11 is 0. The normalized spacial score (nSPS) is 15.6. The minimum Gasteiger partial charge on any atom is -0.504 e. The molecule has 1 atom stereocenters. The summed E-state index contributed by atoms with van der Waals surface area (Å²) in [6.07, 6.45) is 4.93. The zero-order chi connectivity index (χ0) is 31.2. The monoisotopic (exact) mass is 608 g/mol. The first kappa shape index (κ1) is 28.7.